The topological polar surface area (TPSA) is 72.5 Å². The number of esters is 1. The van der Waals surface area contributed by atoms with Crippen molar-refractivity contribution in [3.05, 3.63) is 29.8 Å². The predicted octanol–water partition coefficient (Wildman–Crippen LogP) is 0.745. The van der Waals surface area contributed by atoms with Gasteiger partial charge >= 0.3 is 5.97 Å². The molecule has 0 amide bonds. The van der Waals surface area contributed by atoms with E-state index in [1.54, 1.807) is 12.1 Å². The normalized spacial score (nSPS) is 13.1. The standard InChI is InChI=1S/C11H15NO4S2/c1-8-3-5-9(6-4-8)18(14,15)12-10(7-17)11(13)16-2/h3-6,10,12,17H,7H2,1-2H3. The molecule has 0 aliphatic rings. The SMILES string of the molecule is COC(=O)C(CS)NS(=O)(=O)c1ccc(C)cc1. The van der Waals surface area contributed by atoms with Crippen molar-refractivity contribution in [1.29, 1.82) is 0 Å². The molecule has 1 aromatic rings. The van der Waals surface area contributed by atoms with Crippen LogP contribution in [-0.4, -0.2) is 33.3 Å². The van der Waals surface area contributed by atoms with E-state index in [2.05, 4.69) is 22.1 Å². The number of ether oxygens (including phenoxy) is 1. The van der Waals surface area contributed by atoms with Crippen LogP contribution in [0.2, 0.25) is 0 Å². The van der Waals surface area contributed by atoms with Crippen LogP contribution in [0.25, 0.3) is 0 Å². The highest BCUT2D eigenvalue weighted by Crippen LogP contribution is 2.11. The van der Waals surface area contributed by atoms with Crippen LogP contribution in [0, 0.1) is 6.92 Å². The number of nitrogens with one attached hydrogen (secondary N) is 1. The fourth-order valence-electron chi connectivity index (χ4n) is 1.27. The van der Waals surface area contributed by atoms with E-state index in [1.807, 2.05) is 6.92 Å². The van der Waals surface area contributed by atoms with Crippen molar-refractivity contribution in [1.82, 2.24) is 4.72 Å². The quantitative estimate of drug-likeness (QED) is 0.619. The molecule has 0 aliphatic heterocycles. The number of hydrogen-bond donors (Lipinski definition) is 2. The summed E-state index contributed by atoms with van der Waals surface area (Å²) in [5, 5.41) is 0. The van der Waals surface area contributed by atoms with Crippen molar-refractivity contribution in [2.75, 3.05) is 12.9 Å². The number of rotatable bonds is 5. The molecule has 0 heterocycles. The molecule has 0 saturated heterocycles. The van der Waals surface area contributed by atoms with Gasteiger partial charge < -0.3 is 4.74 Å². The van der Waals surface area contributed by atoms with Gasteiger partial charge in [-0.2, -0.15) is 17.4 Å². The molecular formula is C11H15NO4S2. The van der Waals surface area contributed by atoms with Gasteiger partial charge in [0.25, 0.3) is 0 Å². The van der Waals surface area contributed by atoms with E-state index in [1.165, 1.54) is 19.2 Å². The lowest BCUT2D eigenvalue weighted by atomic mass is 10.2. The van der Waals surface area contributed by atoms with Gasteiger partial charge in [0.1, 0.15) is 6.04 Å². The van der Waals surface area contributed by atoms with Gasteiger partial charge in [-0.3, -0.25) is 4.79 Å². The molecule has 1 rings (SSSR count). The third kappa shape index (κ3) is 3.72. The number of aryl methyl sites for hydroxylation is 1. The molecule has 0 spiro atoms. The van der Waals surface area contributed by atoms with Crippen LogP contribution in [0.5, 0.6) is 0 Å². The maximum atomic E-state index is 12.0. The minimum Gasteiger partial charge on any atom is -0.468 e. The zero-order valence-electron chi connectivity index (χ0n) is 10.1. The van der Waals surface area contributed by atoms with Gasteiger partial charge in [-0.15, -0.1) is 0 Å². The van der Waals surface area contributed by atoms with Crippen LogP contribution in [0.4, 0.5) is 0 Å². The highest BCUT2D eigenvalue weighted by molar-refractivity contribution is 7.89. The number of carbonyl (C=O) groups excluding carboxylic acids is 1. The van der Waals surface area contributed by atoms with Crippen molar-refractivity contribution in [2.24, 2.45) is 0 Å². The van der Waals surface area contributed by atoms with Crippen LogP contribution in [-0.2, 0) is 19.6 Å². The molecule has 5 nitrogen and oxygen atoms in total. The molecule has 0 aromatic heterocycles. The Balaban J connectivity index is 2.94. The second kappa shape index (κ2) is 6.21. The lowest BCUT2D eigenvalue weighted by molar-refractivity contribution is -0.141. The Bertz CT molecular complexity index is 510. The van der Waals surface area contributed by atoms with Crippen LogP contribution >= 0.6 is 12.6 Å². The van der Waals surface area contributed by atoms with Gasteiger partial charge in [-0.25, -0.2) is 8.42 Å². The minimum atomic E-state index is -3.74. The maximum Gasteiger partial charge on any atom is 0.324 e. The van der Waals surface area contributed by atoms with Crippen LogP contribution in [0.3, 0.4) is 0 Å². The molecule has 1 unspecified atom stereocenters. The number of thiol groups is 1. The predicted molar refractivity (Wildman–Crippen MR) is 71.2 cm³/mol. The van der Waals surface area contributed by atoms with E-state index < -0.39 is 22.0 Å². The number of carbonyl (C=O) groups is 1. The number of benzene rings is 1. The molecule has 1 atom stereocenters. The Labute approximate surface area is 112 Å². The Morgan fingerprint density at radius 1 is 1.39 bits per heavy atom. The number of methoxy groups -OCH3 is 1. The van der Waals surface area contributed by atoms with Gasteiger partial charge in [-0.05, 0) is 19.1 Å². The second-order valence-corrected chi connectivity index (χ2v) is 5.77. The molecule has 0 saturated carbocycles. The molecule has 18 heavy (non-hydrogen) atoms. The first-order chi connectivity index (χ1) is 8.40. The maximum absolute atomic E-state index is 12.0. The third-order valence-electron chi connectivity index (χ3n) is 2.30. The van der Waals surface area contributed by atoms with E-state index in [0.717, 1.165) is 5.56 Å². The molecule has 0 fully saturated rings. The molecule has 7 heteroatoms. The molecular weight excluding hydrogens is 274 g/mol. The third-order valence-corrected chi connectivity index (χ3v) is 4.15. The molecule has 0 aliphatic carbocycles. The fraction of sp³-hybridized carbons (Fsp3) is 0.364. The summed E-state index contributed by atoms with van der Waals surface area (Å²) in [6.07, 6.45) is 0. The van der Waals surface area contributed by atoms with Crippen LogP contribution in [0.15, 0.2) is 29.2 Å². The Kier molecular flexibility index (Phi) is 5.18. The van der Waals surface area contributed by atoms with Crippen molar-refractivity contribution in [2.45, 2.75) is 17.9 Å². The largest absolute Gasteiger partial charge is 0.468 e. The van der Waals surface area contributed by atoms with Crippen molar-refractivity contribution >= 4 is 28.6 Å². The average Bonchev–Trinajstić information content (AvgIpc) is 2.35. The first-order valence-electron chi connectivity index (χ1n) is 5.18. The van der Waals surface area contributed by atoms with Crippen molar-refractivity contribution < 1.29 is 17.9 Å². The van der Waals surface area contributed by atoms with E-state index >= 15 is 0 Å². The molecule has 100 valence electrons. The highest BCUT2D eigenvalue weighted by atomic mass is 32.2. The summed E-state index contributed by atoms with van der Waals surface area (Å²) in [6.45, 7) is 1.86. The Morgan fingerprint density at radius 3 is 2.39 bits per heavy atom. The molecule has 0 bridgehead atoms. The zero-order valence-corrected chi connectivity index (χ0v) is 11.8. The Hall–Kier alpha value is -1.05. The first kappa shape index (κ1) is 15.0. The zero-order chi connectivity index (χ0) is 13.8. The van der Waals surface area contributed by atoms with E-state index in [9.17, 15) is 13.2 Å². The summed E-state index contributed by atoms with van der Waals surface area (Å²) >= 11 is 3.92. The summed E-state index contributed by atoms with van der Waals surface area (Å²) in [5.74, 6) is -0.640. The molecule has 0 radical (unpaired) electrons. The van der Waals surface area contributed by atoms with Gasteiger partial charge in [0.2, 0.25) is 10.0 Å². The van der Waals surface area contributed by atoms with Crippen molar-refractivity contribution in [3.8, 4) is 0 Å². The molecule has 1 aromatic carbocycles. The number of sulfonamides is 1. The summed E-state index contributed by atoms with van der Waals surface area (Å²) in [4.78, 5) is 11.4. The first-order valence-corrected chi connectivity index (χ1v) is 7.30. The van der Waals surface area contributed by atoms with E-state index in [0.29, 0.717) is 0 Å². The van der Waals surface area contributed by atoms with Gasteiger partial charge in [0.05, 0.1) is 12.0 Å². The summed E-state index contributed by atoms with van der Waals surface area (Å²) in [5.41, 5.74) is 0.952. The van der Waals surface area contributed by atoms with Crippen molar-refractivity contribution in [3.63, 3.8) is 0 Å². The minimum absolute atomic E-state index is 0.0256. The lowest BCUT2D eigenvalue weighted by Crippen LogP contribution is -2.42. The second-order valence-electron chi connectivity index (χ2n) is 3.69. The summed E-state index contributed by atoms with van der Waals surface area (Å²) in [7, 11) is -2.55. The smallest absolute Gasteiger partial charge is 0.324 e. The van der Waals surface area contributed by atoms with Gasteiger partial charge in [-0.1, -0.05) is 17.7 Å². The molecule has 1 N–H and O–H groups in total. The van der Waals surface area contributed by atoms with Gasteiger partial charge in [0, 0.05) is 5.75 Å². The van der Waals surface area contributed by atoms with Gasteiger partial charge in [0.15, 0.2) is 0 Å². The lowest BCUT2D eigenvalue weighted by Gasteiger charge is -2.14. The van der Waals surface area contributed by atoms with Crippen LogP contribution < -0.4 is 4.72 Å². The summed E-state index contributed by atoms with van der Waals surface area (Å²) < 4.78 is 30.7. The van der Waals surface area contributed by atoms with E-state index in [4.69, 9.17) is 0 Å². The average molecular weight is 289 g/mol. The monoisotopic (exact) mass is 289 g/mol. The summed E-state index contributed by atoms with van der Waals surface area (Å²) in [6, 6.07) is 5.32. The fourth-order valence-corrected chi connectivity index (χ4v) is 2.82. The Morgan fingerprint density at radius 2 is 1.94 bits per heavy atom. The highest BCUT2D eigenvalue weighted by Gasteiger charge is 2.25. The number of hydrogen-bond acceptors (Lipinski definition) is 5. The van der Waals surface area contributed by atoms with E-state index in [-0.39, 0.29) is 10.6 Å². The van der Waals surface area contributed by atoms with Crippen LogP contribution in [0.1, 0.15) is 5.56 Å².